The summed E-state index contributed by atoms with van der Waals surface area (Å²) in [4.78, 5) is 11.8. The van der Waals surface area contributed by atoms with Crippen LogP contribution in [0.5, 0.6) is 5.75 Å². The molecule has 1 aromatic rings. The molecule has 0 amide bonds. The highest BCUT2D eigenvalue weighted by Gasteiger charge is 2.19. The number of nitrogen functional groups attached to an aromatic ring is 1. The molecular weight excluding hydrogens is 246 g/mol. The van der Waals surface area contributed by atoms with Gasteiger partial charge in [0.25, 0.3) is 0 Å². The first kappa shape index (κ1) is 15.3. The molecule has 106 valence electrons. The Bertz CT molecular complexity index is 378. The molecule has 0 spiro atoms. The number of anilines is 1. The number of carbonyl (C=O) groups is 1. The van der Waals surface area contributed by atoms with E-state index in [1.807, 2.05) is 13.8 Å². The molecule has 5 nitrogen and oxygen atoms in total. The van der Waals surface area contributed by atoms with Crippen molar-refractivity contribution in [1.82, 2.24) is 0 Å². The van der Waals surface area contributed by atoms with Crippen LogP contribution in [0, 0.1) is 0 Å². The molecule has 0 radical (unpaired) electrons. The summed E-state index contributed by atoms with van der Waals surface area (Å²) >= 11 is 0. The van der Waals surface area contributed by atoms with Gasteiger partial charge in [0.05, 0.1) is 6.61 Å². The minimum absolute atomic E-state index is 0.244. The van der Waals surface area contributed by atoms with Crippen molar-refractivity contribution in [1.29, 1.82) is 0 Å². The van der Waals surface area contributed by atoms with Crippen LogP contribution in [0.4, 0.5) is 5.69 Å². The Morgan fingerprint density at radius 3 is 2.47 bits per heavy atom. The highest BCUT2D eigenvalue weighted by molar-refractivity contribution is 5.75. The number of esters is 1. The van der Waals surface area contributed by atoms with Crippen molar-refractivity contribution in [3.63, 3.8) is 0 Å². The van der Waals surface area contributed by atoms with E-state index in [9.17, 15) is 4.79 Å². The molecule has 0 aliphatic rings. The third-order valence-electron chi connectivity index (χ3n) is 2.47. The summed E-state index contributed by atoms with van der Waals surface area (Å²) in [5, 5.41) is 0. The Balaban J connectivity index is 2.43. The molecule has 0 aromatic heterocycles. The van der Waals surface area contributed by atoms with Crippen molar-refractivity contribution >= 4 is 11.7 Å². The third kappa shape index (κ3) is 5.61. The molecule has 0 fully saturated rings. The monoisotopic (exact) mass is 267 g/mol. The second-order valence-electron chi connectivity index (χ2n) is 3.95. The molecule has 1 aromatic carbocycles. The van der Waals surface area contributed by atoms with E-state index in [2.05, 4.69) is 0 Å². The van der Waals surface area contributed by atoms with Gasteiger partial charge in [0.15, 0.2) is 6.10 Å². The van der Waals surface area contributed by atoms with Gasteiger partial charge in [-0.2, -0.15) is 0 Å². The van der Waals surface area contributed by atoms with E-state index in [1.54, 1.807) is 24.3 Å². The number of benzene rings is 1. The van der Waals surface area contributed by atoms with Crippen LogP contribution in [0.3, 0.4) is 0 Å². The molecular formula is C14H21NO4. The second-order valence-corrected chi connectivity index (χ2v) is 3.95. The minimum atomic E-state index is -0.606. The summed E-state index contributed by atoms with van der Waals surface area (Å²) in [6.07, 6.45) is -0.0667. The third-order valence-corrected chi connectivity index (χ3v) is 2.47. The number of hydrogen-bond acceptors (Lipinski definition) is 5. The molecule has 1 rings (SSSR count). The zero-order valence-electron chi connectivity index (χ0n) is 11.4. The van der Waals surface area contributed by atoms with Gasteiger partial charge in [0.1, 0.15) is 12.4 Å². The van der Waals surface area contributed by atoms with E-state index in [4.69, 9.17) is 19.9 Å². The van der Waals surface area contributed by atoms with Crippen LogP contribution < -0.4 is 10.5 Å². The maximum atomic E-state index is 11.8. The van der Waals surface area contributed by atoms with Crippen molar-refractivity contribution in [3.8, 4) is 5.75 Å². The predicted molar refractivity (Wildman–Crippen MR) is 73.0 cm³/mol. The van der Waals surface area contributed by atoms with Gasteiger partial charge in [-0.25, -0.2) is 4.79 Å². The summed E-state index contributed by atoms with van der Waals surface area (Å²) in [6, 6.07) is 6.90. The van der Waals surface area contributed by atoms with Gasteiger partial charge in [0.2, 0.25) is 0 Å². The lowest BCUT2D eigenvalue weighted by Crippen LogP contribution is -2.29. The number of ether oxygens (including phenoxy) is 3. The van der Waals surface area contributed by atoms with Crippen molar-refractivity contribution in [3.05, 3.63) is 24.3 Å². The normalized spacial score (nSPS) is 11.9. The molecule has 5 heteroatoms. The Labute approximate surface area is 113 Å². The van der Waals surface area contributed by atoms with Gasteiger partial charge in [-0.15, -0.1) is 0 Å². The van der Waals surface area contributed by atoms with Gasteiger partial charge >= 0.3 is 5.97 Å². The Morgan fingerprint density at radius 1 is 1.21 bits per heavy atom. The summed E-state index contributed by atoms with van der Waals surface area (Å²) in [7, 11) is 0. The predicted octanol–water partition coefficient (Wildman–Crippen LogP) is 2.01. The minimum Gasteiger partial charge on any atom is -0.479 e. The highest BCUT2D eigenvalue weighted by atomic mass is 16.6. The topological polar surface area (TPSA) is 70.8 Å². The second kappa shape index (κ2) is 8.37. The fourth-order valence-electron chi connectivity index (χ4n) is 1.45. The first-order chi connectivity index (χ1) is 9.17. The maximum absolute atomic E-state index is 11.8. The molecule has 0 aliphatic heterocycles. The molecule has 0 saturated carbocycles. The van der Waals surface area contributed by atoms with Crippen LogP contribution in [-0.4, -0.2) is 31.9 Å². The van der Waals surface area contributed by atoms with Crippen LogP contribution in [0.15, 0.2) is 24.3 Å². The van der Waals surface area contributed by atoms with Crippen LogP contribution in [-0.2, 0) is 14.3 Å². The summed E-state index contributed by atoms with van der Waals surface area (Å²) in [5.74, 6) is 0.224. The van der Waals surface area contributed by atoms with Gasteiger partial charge in [-0.05, 0) is 37.6 Å². The number of rotatable bonds is 8. The number of nitrogens with two attached hydrogens (primary N) is 1. The van der Waals surface area contributed by atoms with Crippen LogP contribution in [0.25, 0.3) is 0 Å². The summed E-state index contributed by atoms with van der Waals surface area (Å²) < 4.78 is 15.7. The van der Waals surface area contributed by atoms with Crippen molar-refractivity contribution in [2.24, 2.45) is 0 Å². The smallest absolute Gasteiger partial charge is 0.347 e. The average Bonchev–Trinajstić information content (AvgIpc) is 2.42. The molecule has 0 aliphatic carbocycles. The molecule has 2 N–H and O–H groups in total. The van der Waals surface area contributed by atoms with E-state index in [0.29, 0.717) is 31.1 Å². The van der Waals surface area contributed by atoms with Gasteiger partial charge in [-0.1, -0.05) is 6.92 Å². The zero-order valence-corrected chi connectivity index (χ0v) is 11.4. The van der Waals surface area contributed by atoms with Gasteiger partial charge in [-0.3, -0.25) is 0 Å². The molecule has 1 unspecified atom stereocenters. The molecule has 0 bridgehead atoms. The fourth-order valence-corrected chi connectivity index (χ4v) is 1.45. The van der Waals surface area contributed by atoms with Crippen molar-refractivity contribution < 1.29 is 19.0 Å². The largest absolute Gasteiger partial charge is 0.479 e. The van der Waals surface area contributed by atoms with Gasteiger partial charge < -0.3 is 19.9 Å². The Morgan fingerprint density at radius 2 is 1.89 bits per heavy atom. The first-order valence-corrected chi connectivity index (χ1v) is 6.44. The maximum Gasteiger partial charge on any atom is 0.347 e. The SMILES string of the molecule is CCOCCOC(=O)C(CC)Oc1ccc(N)cc1. The number of hydrogen-bond donors (Lipinski definition) is 1. The Hall–Kier alpha value is -1.75. The highest BCUT2D eigenvalue weighted by Crippen LogP contribution is 2.16. The van der Waals surface area contributed by atoms with Crippen molar-refractivity contribution in [2.45, 2.75) is 26.4 Å². The quantitative estimate of drug-likeness (QED) is 0.443. The van der Waals surface area contributed by atoms with Crippen LogP contribution in [0.1, 0.15) is 20.3 Å². The lowest BCUT2D eigenvalue weighted by atomic mass is 10.2. The number of carbonyl (C=O) groups excluding carboxylic acids is 1. The first-order valence-electron chi connectivity index (χ1n) is 6.44. The van der Waals surface area contributed by atoms with E-state index >= 15 is 0 Å². The standard InChI is InChI=1S/C14H21NO4/c1-3-13(14(16)18-10-9-17-4-2)19-12-7-5-11(15)6-8-12/h5-8,13H,3-4,9-10,15H2,1-2H3. The molecule has 19 heavy (non-hydrogen) atoms. The van der Waals surface area contributed by atoms with Crippen LogP contribution in [0.2, 0.25) is 0 Å². The van der Waals surface area contributed by atoms with E-state index in [0.717, 1.165) is 0 Å². The lowest BCUT2D eigenvalue weighted by Gasteiger charge is -2.16. The van der Waals surface area contributed by atoms with Crippen molar-refractivity contribution in [2.75, 3.05) is 25.6 Å². The zero-order chi connectivity index (χ0) is 14.1. The molecule has 0 heterocycles. The van der Waals surface area contributed by atoms with E-state index in [-0.39, 0.29) is 12.6 Å². The summed E-state index contributed by atoms with van der Waals surface area (Å²) in [6.45, 7) is 5.01. The molecule has 0 saturated heterocycles. The Kier molecular flexibility index (Phi) is 6.74. The van der Waals surface area contributed by atoms with E-state index < -0.39 is 6.10 Å². The lowest BCUT2D eigenvalue weighted by molar-refractivity contribution is -0.153. The average molecular weight is 267 g/mol. The fraction of sp³-hybridized carbons (Fsp3) is 0.500. The van der Waals surface area contributed by atoms with Crippen LogP contribution >= 0.6 is 0 Å². The van der Waals surface area contributed by atoms with E-state index in [1.165, 1.54) is 0 Å². The summed E-state index contributed by atoms with van der Waals surface area (Å²) in [5.41, 5.74) is 6.24. The van der Waals surface area contributed by atoms with Gasteiger partial charge in [0, 0.05) is 12.3 Å². The molecule has 1 atom stereocenters.